The first-order valence-corrected chi connectivity index (χ1v) is 7.22. The highest BCUT2D eigenvalue weighted by Gasteiger charge is 2.34. The molecule has 1 aliphatic carbocycles. The van der Waals surface area contributed by atoms with Crippen LogP contribution in [0.25, 0.3) is 11.0 Å². The number of nitrogens with zero attached hydrogens (tertiary/aromatic N) is 2. The van der Waals surface area contributed by atoms with Gasteiger partial charge in [-0.2, -0.15) is 0 Å². The van der Waals surface area contributed by atoms with E-state index >= 15 is 0 Å². The maximum absolute atomic E-state index is 10.8. The van der Waals surface area contributed by atoms with Crippen molar-refractivity contribution in [1.29, 1.82) is 0 Å². The first-order valence-electron chi connectivity index (χ1n) is 7.22. The SMILES string of the molecule is CCN(CC(=O)O)C1CC(Nc2nccc3occc23)C1. The molecule has 3 rings (SSSR count). The van der Waals surface area contributed by atoms with E-state index in [1.807, 2.05) is 24.0 Å². The first-order chi connectivity index (χ1) is 10.2. The maximum Gasteiger partial charge on any atom is 0.317 e. The van der Waals surface area contributed by atoms with Gasteiger partial charge >= 0.3 is 5.97 Å². The molecule has 6 heteroatoms. The lowest BCUT2D eigenvalue weighted by Gasteiger charge is -2.42. The number of nitrogens with one attached hydrogen (secondary N) is 1. The largest absolute Gasteiger partial charge is 0.480 e. The summed E-state index contributed by atoms with van der Waals surface area (Å²) < 4.78 is 5.36. The van der Waals surface area contributed by atoms with E-state index in [9.17, 15) is 4.79 Å². The Hall–Kier alpha value is -2.08. The highest BCUT2D eigenvalue weighted by Crippen LogP contribution is 2.30. The number of aliphatic carboxylic acids is 1. The van der Waals surface area contributed by atoms with Gasteiger partial charge in [0, 0.05) is 18.3 Å². The topological polar surface area (TPSA) is 78.6 Å². The fourth-order valence-corrected chi connectivity index (χ4v) is 2.88. The molecule has 0 aliphatic heterocycles. The van der Waals surface area contributed by atoms with Crippen LogP contribution in [0.1, 0.15) is 19.8 Å². The summed E-state index contributed by atoms with van der Waals surface area (Å²) in [5.74, 6) is 0.0732. The number of hydrogen-bond acceptors (Lipinski definition) is 5. The Kier molecular flexibility index (Phi) is 3.79. The van der Waals surface area contributed by atoms with Crippen LogP contribution < -0.4 is 5.32 Å². The van der Waals surface area contributed by atoms with Crippen LogP contribution in [0.5, 0.6) is 0 Å². The number of fused-ring (bicyclic) bond motifs is 1. The van der Waals surface area contributed by atoms with Crippen LogP contribution in [0.2, 0.25) is 0 Å². The summed E-state index contributed by atoms with van der Waals surface area (Å²) in [6, 6.07) is 4.43. The fourth-order valence-electron chi connectivity index (χ4n) is 2.88. The summed E-state index contributed by atoms with van der Waals surface area (Å²) in [6.07, 6.45) is 5.27. The van der Waals surface area contributed by atoms with Crippen molar-refractivity contribution in [3.63, 3.8) is 0 Å². The normalized spacial score (nSPS) is 21.4. The summed E-state index contributed by atoms with van der Waals surface area (Å²) in [5.41, 5.74) is 0.824. The zero-order valence-electron chi connectivity index (χ0n) is 12.0. The quantitative estimate of drug-likeness (QED) is 0.848. The van der Waals surface area contributed by atoms with Crippen molar-refractivity contribution in [2.24, 2.45) is 0 Å². The van der Waals surface area contributed by atoms with Gasteiger partial charge in [-0.25, -0.2) is 4.98 Å². The van der Waals surface area contributed by atoms with Gasteiger partial charge in [-0.15, -0.1) is 0 Å². The number of carboxylic acid groups (broad SMARTS) is 1. The van der Waals surface area contributed by atoms with Gasteiger partial charge in [0.05, 0.1) is 18.2 Å². The van der Waals surface area contributed by atoms with E-state index in [1.54, 1.807) is 12.5 Å². The number of carbonyl (C=O) groups is 1. The molecule has 2 aromatic rings. The van der Waals surface area contributed by atoms with E-state index in [2.05, 4.69) is 10.3 Å². The molecule has 1 fully saturated rings. The van der Waals surface area contributed by atoms with Crippen LogP contribution in [0.4, 0.5) is 5.82 Å². The molecule has 0 atom stereocenters. The Labute approximate surface area is 122 Å². The number of likely N-dealkylation sites (N-methyl/N-ethyl adjacent to an activating group) is 1. The van der Waals surface area contributed by atoms with Gasteiger partial charge in [0.15, 0.2) is 0 Å². The van der Waals surface area contributed by atoms with E-state index in [1.165, 1.54) is 0 Å². The van der Waals surface area contributed by atoms with Crippen molar-refractivity contribution in [3.05, 3.63) is 24.6 Å². The van der Waals surface area contributed by atoms with Crippen molar-refractivity contribution in [1.82, 2.24) is 9.88 Å². The van der Waals surface area contributed by atoms with E-state index in [4.69, 9.17) is 9.52 Å². The lowest BCUT2D eigenvalue weighted by Crippen LogP contribution is -2.51. The third kappa shape index (κ3) is 2.85. The predicted molar refractivity (Wildman–Crippen MR) is 79.3 cm³/mol. The molecule has 1 saturated carbocycles. The average molecular weight is 289 g/mol. The fraction of sp³-hybridized carbons (Fsp3) is 0.467. The highest BCUT2D eigenvalue weighted by molar-refractivity contribution is 5.88. The second-order valence-electron chi connectivity index (χ2n) is 5.42. The van der Waals surface area contributed by atoms with Crippen LogP contribution >= 0.6 is 0 Å². The monoisotopic (exact) mass is 289 g/mol. The van der Waals surface area contributed by atoms with E-state index in [0.29, 0.717) is 12.1 Å². The Morgan fingerprint density at radius 1 is 1.52 bits per heavy atom. The summed E-state index contributed by atoms with van der Waals surface area (Å²) >= 11 is 0. The smallest absolute Gasteiger partial charge is 0.317 e. The molecular formula is C15H19N3O3. The molecule has 0 spiro atoms. The molecule has 21 heavy (non-hydrogen) atoms. The maximum atomic E-state index is 10.8. The van der Waals surface area contributed by atoms with Crippen molar-refractivity contribution in [3.8, 4) is 0 Å². The Balaban J connectivity index is 1.59. The Morgan fingerprint density at radius 3 is 3.05 bits per heavy atom. The minimum atomic E-state index is -0.766. The first kappa shape index (κ1) is 13.9. The number of pyridine rings is 1. The van der Waals surface area contributed by atoms with E-state index in [-0.39, 0.29) is 6.54 Å². The molecule has 0 aromatic carbocycles. The summed E-state index contributed by atoms with van der Waals surface area (Å²) in [4.78, 5) is 17.2. The number of carboxylic acids is 1. The molecule has 112 valence electrons. The molecule has 0 amide bonds. The minimum absolute atomic E-state index is 0.115. The van der Waals surface area contributed by atoms with Crippen LogP contribution in [0, 0.1) is 0 Å². The summed E-state index contributed by atoms with van der Waals surface area (Å²) in [7, 11) is 0. The van der Waals surface area contributed by atoms with Crippen molar-refractivity contribution in [2.75, 3.05) is 18.4 Å². The van der Waals surface area contributed by atoms with Crippen LogP contribution in [0.15, 0.2) is 29.0 Å². The van der Waals surface area contributed by atoms with Gasteiger partial charge in [-0.1, -0.05) is 6.92 Å². The second-order valence-corrected chi connectivity index (χ2v) is 5.42. The van der Waals surface area contributed by atoms with Gasteiger partial charge in [-0.05, 0) is 31.5 Å². The number of aromatic nitrogens is 1. The number of anilines is 1. The standard InChI is InChI=1S/C15H19N3O3/c1-2-18(9-14(19)20)11-7-10(8-11)17-15-12-4-6-21-13(12)3-5-16-15/h3-6,10-11H,2,7-9H2,1H3,(H,16,17)(H,19,20). The van der Waals surface area contributed by atoms with Gasteiger partial charge < -0.3 is 14.8 Å². The molecule has 2 aromatic heterocycles. The van der Waals surface area contributed by atoms with Gasteiger partial charge in [0.1, 0.15) is 11.4 Å². The molecule has 1 aliphatic rings. The molecular weight excluding hydrogens is 270 g/mol. The Bertz CT molecular complexity index is 634. The van der Waals surface area contributed by atoms with E-state index < -0.39 is 5.97 Å². The number of furan rings is 1. The second kappa shape index (κ2) is 5.73. The third-order valence-electron chi connectivity index (χ3n) is 4.09. The molecule has 2 N–H and O–H groups in total. The minimum Gasteiger partial charge on any atom is -0.480 e. The zero-order valence-corrected chi connectivity index (χ0v) is 12.0. The Morgan fingerprint density at radius 2 is 2.33 bits per heavy atom. The predicted octanol–water partition coefficient (Wildman–Crippen LogP) is 2.18. The van der Waals surface area contributed by atoms with Crippen molar-refractivity contribution < 1.29 is 14.3 Å². The lowest BCUT2D eigenvalue weighted by atomic mass is 9.85. The van der Waals surface area contributed by atoms with Gasteiger partial charge in [-0.3, -0.25) is 9.69 Å². The molecule has 6 nitrogen and oxygen atoms in total. The number of hydrogen-bond donors (Lipinski definition) is 2. The van der Waals surface area contributed by atoms with Gasteiger partial charge in [0.25, 0.3) is 0 Å². The van der Waals surface area contributed by atoms with Crippen molar-refractivity contribution in [2.45, 2.75) is 31.8 Å². The lowest BCUT2D eigenvalue weighted by molar-refractivity contribution is -0.139. The van der Waals surface area contributed by atoms with Crippen LogP contribution in [-0.4, -0.2) is 46.1 Å². The average Bonchev–Trinajstić information content (AvgIpc) is 2.89. The van der Waals surface area contributed by atoms with Crippen LogP contribution in [-0.2, 0) is 4.79 Å². The van der Waals surface area contributed by atoms with Crippen molar-refractivity contribution >= 4 is 22.8 Å². The number of rotatable bonds is 6. The van der Waals surface area contributed by atoms with Crippen LogP contribution in [0.3, 0.4) is 0 Å². The highest BCUT2D eigenvalue weighted by atomic mass is 16.4. The molecule has 2 heterocycles. The molecule has 0 radical (unpaired) electrons. The molecule has 0 bridgehead atoms. The van der Waals surface area contributed by atoms with Gasteiger partial charge in [0.2, 0.25) is 0 Å². The third-order valence-corrected chi connectivity index (χ3v) is 4.09. The molecule has 0 unspecified atom stereocenters. The zero-order chi connectivity index (χ0) is 14.8. The van der Waals surface area contributed by atoms with E-state index in [0.717, 1.165) is 36.2 Å². The summed E-state index contributed by atoms with van der Waals surface area (Å²) in [6.45, 7) is 2.88. The summed E-state index contributed by atoms with van der Waals surface area (Å²) in [5, 5.41) is 13.3. The molecule has 0 saturated heterocycles.